The van der Waals surface area contributed by atoms with Crippen LogP contribution >= 0.6 is 11.3 Å². The Kier molecular flexibility index (Phi) is 10.9. The zero-order valence-electron chi connectivity index (χ0n) is 50.4. The van der Waals surface area contributed by atoms with Gasteiger partial charge < -0.3 is 14.7 Å². The monoisotopic (exact) mass is 1090 g/mol. The van der Waals surface area contributed by atoms with Crippen molar-refractivity contribution in [1.29, 1.82) is 0 Å². The van der Waals surface area contributed by atoms with Crippen LogP contribution in [-0.4, -0.2) is 12.3 Å². The molecule has 5 heteroatoms. The molecule has 0 bridgehead atoms. The van der Waals surface area contributed by atoms with Gasteiger partial charge in [-0.25, -0.2) is 0 Å². The quantitative estimate of drug-likeness (QED) is 0.163. The molecule has 0 radical (unpaired) electrons. The topological polar surface area (TPSA) is 9.72 Å². The van der Waals surface area contributed by atoms with E-state index in [1.54, 1.807) is 0 Å². The van der Waals surface area contributed by atoms with E-state index in [4.69, 9.17) is 0 Å². The molecule has 5 aliphatic rings. The van der Waals surface area contributed by atoms with Crippen LogP contribution in [0.1, 0.15) is 153 Å². The Balaban J connectivity index is 1.06. The summed E-state index contributed by atoms with van der Waals surface area (Å²) in [7, 11) is 0. The normalized spacial score (nSPS) is 20.0. The third kappa shape index (κ3) is 7.08. The van der Waals surface area contributed by atoms with Gasteiger partial charge in [-0.3, -0.25) is 0 Å². The molecule has 0 spiro atoms. The molecule has 2 unspecified atom stereocenters. The van der Waals surface area contributed by atoms with Crippen LogP contribution in [0.15, 0.2) is 176 Å². The Morgan fingerprint density at radius 2 is 1.05 bits per heavy atom. The second-order valence-electron chi connectivity index (χ2n) is 28.5. The largest absolute Gasteiger partial charge is 0.334 e. The fourth-order valence-corrected chi connectivity index (χ4v) is 17.5. The molecule has 3 nitrogen and oxygen atoms in total. The third-order valence-corrected chi connectivity index (χ3v) is 22.2. The highest BCUT2D eigenvalue weighted by Gasteiger charge is 2.58. The number of anilines is 8. The fourth-order valence-electron chi connectivity index (χ4n) is 16.3. The van der Waals surface area contributed by atoms with Crippen molar-refractivity contribution in [2.45, 2.75) is 148 Å². The molecule has 9 aromatic carbocycles. The van der Waals surface area contributed by atoms with Gasteiger partial charge in [-0.2, -0.15) is 0 Å². The van der Waals surface area contributed by atoms with Gasteiger partial charge in [-0.1, -0.05) is 204 Å². The van der Waals surface area contributed by atoms with E-state index >= 15 is 0 Å². The lowest BCUT2D eigenvalue weighted by Crippen LogP contribution is -2.62. The second kappa shape index (κ2) is 17.4. The zero-order valence-corrected chi connectivity index (χ0v) is 51.2. The third-order valence-electron chi connectivity index (χ3n) is 21.0. The van der Waals surface area contributed by atoms with Crippen LogP contribution in [0.2, 0.25) is 0 Å². The minimum atomic E-state index is -0.249. The molecule has 15 rings (SSSR count). The maximum atomic E-state index is 2.81. The summed E-state index contributed by atoms with van der Waals surface area (Å²) in [4.78, 5) is 8.23. The molecule has 1 saturated carbocycles. The van der Waals surface area contributed by atoms with E-state index in [1.165, 1.54) is 157 Å². The lowest BCUT2D eigenvalue weighted by atomic mass is 9.33. The molecule has 2 atom stereocenters. The second-order valence-corrected chi connectivity index (χ2v) is 29.6. The summed E-state index contributed by atoms with van der Waals surface area (Å²) < 4.78 is 2.63. The van der Waals surface area contributed by atoms with Gasteiger partial charge in [0.2, 0.25) is 0 Å². The molecule has 1 fully saturated rings. The molecule has 0 amide bonds. The predicted molar refractivity (Wildman–Crippen MR) is 354 cm³/mol. The Hall–Kier alpha value is -7.34. The van der Waals surface area contributed by atoms with E-state index in [0.29, 0.717) is 0 Å². The fraction of sp³-hybridized carbons (Fsp3) is 0.299. The molecule has 3 aliphatic heterocycles. The van der Waals surface area contributed by atoms with E-state index in [2.05, 4.69) is 281 Å². The number of benzene rings is 9. The number of hydrogen-bond donors (Lipinski definition) is 0. The Morgan fingerprint density at radius 1 is 0.451 bits per heavy atom. The van der Waals surface area contributed by atoms with Gasteiger partial charge >= 0.3 is 0 Å². The highest BCUT2D eigenvalue weighted by molar-refractivity contribution is 7.26. The van der Waals surface area contributed by atoms with Gasteiger partial charge in [0.05, 0.1) is 21.6 Å². The Labute approximate surface area is 491 Å². The molecule has 82 heavy (non-hydrogen) atoms. The van der Waals surface area contributed by atoms with Crippen molar-refractivity contribution in [2.75, 3.05) is 14.7 Å². The number of nitrogens with zero attached hydrogens (tertiary/aromatic N) is 3. The van der Waals surface area contributed by atoms with Crippen molar-refractivity contribution in [2.24, 2.45) is 0 Å². The molecule has 0 N–H and O–H groups in total. The summed E-state index contributed by atoms with van der Waals surface area (Å²) in [5.41, 5.74) is 27.2. The molecule has 1 aromatic heterocycles. The average molecular weight is 1090 g/mol. The van der Waals surface area contributed by atoms with Crippen LogP contribution in [0.4, 0.5) is 45.5 Å². The SMILES string of the molecule is Cc1cc2c3c(c1)N(c1cccc4c1sc1ccccc14)c1cc(N4c5ccc(C(C)(C)C)cc5C5(C)CCCCC45C)ccc1B3c1cc3c(cc1N2c1ccc(C(C)(C)C)cc1-c1ccccc1)C(C)(C)c1ccccc1C3(C)C. The first-order chi connectivity index (χ1) is 39.1. The number of thiophene rings is 1. The molecule has 10 aromatic rings. The van der Waals surface area contributed by atoms with Crippen LogP contribution < -0.4 is 31.1 Å². The predicted octanol–water partition coefficient (Wildman–Crippen LogP) is 19.4. The van der Waals surface area contributed by atoms with Gasteiger partial charge in [-0.05, 0) is 165 Å². The number of rotatable bonds is 4. The van der Waals surface area contributed by atoms with Crippen molar-refractivity contribution in [3.8, 4) is 11.1 Å². The van der Waals surface area contributed by atoms with E-state index in [9.17, 15) is 0 Å². The highest BCUT2D eigenvalue weighted by Crippen LogP contribution is 2.62. The maximum absolute atomic E-state index is 2.81. The molecular weight excluding hydrogens is 1010 g/mol. The minimum absolute atomic E-state index is 0.00748. The van der Waals surface area contributed by atoms with Crippen molar-refractivity contribution in [3.63, 3.8) is 0 Å². The summed E-state index contributed by atoms with van der Waals surface area (Å²) in [6.07, 6.45) is 4.81. The molecule has 0 saturated heterocycles. The summed E-state index contributed by atoms with van der Waals surface area (Å²) in [5, 5.41) is 2.62. The number of aryl methyl sites for hydroxylation is 1. The first kappa shape index (κ1) is 51.5. The van der Waals surface area contributed by atoms with E-state index in [1.807, 2.05) is 11.3 Å². The van der Waals surface area contributed by atoms with Gasteiger partial charge in [0.15, 0.2) is 0 Å². The van der Waals surface area contributed by atoms with Crippen LogP contribution in [0.25, 0.3) is 31.3 Å². The summed E-state index contributed by atoms with van der Waals surface area (Å²) in [6, 6.07) is 69.5. The molecular formula is C77H76BN3S. The maximum Gasteiger partial charge on any atom is 0.252 e. The smallest absolute Gasteiger partial charge is 0.252 e. The summed E-state index contributed by atoms with van der Waals surface area (Å²) in [6.45, 7) is 31.5. The van der Waals surface area contributed by atoms with E-state index < -0.39 is 0 Å². The van der Waals surface area contributed by atoms with Gasteiger partial charge in [0.1, 0.15) is 0 Å². The molecule has 2 aliphatic carbocycles. The van der Waals surface area contributed by atoms with E-state index in [0.717, 1.165) is 6.42 Å². The van der Waals surface area contributed by atoms with Crippen molar-refractivity contribution in [1.82, 2.24) is 0 Å². The molecule has 4 heterocycles. The standard InChI is InChI=1S/C77H76BN3S/c1-47-40-67-70-68(41-47)80(64-30-23-27-53-52-26-17-20-31-69(52)82-71(53)64)65-44-51(81-63-37-33-50(73(5,6)7)43-59(63)76(12)38-21-22-39-77(76,81)13)34-35-60(65)78(70)61-45-57-58(75(10,11)56-29-19-18-28-55(56)74(57,8)9)46-66(61)79(67)62-36-32-49(72(2,3)4)42-54(62)48-24-15-14-16-25-48/h14-20,23-37,40-46H,21-22,38-39H2,1-13H3. The first-order valence-corrected chi connectivity index (χ1v) is 31.1. The van der Waals surface area contributed by atoms with Crippen LogP contribution in [-0.2, 0) is 27.1 Å². The lowest BCUT2D eigenvalue weighted by Gasteiger charge is -2.51. The summed E-state index contributed by atoms with van der Waals surface area (Å²) >= 11 is 1.93. The van der Waals surface area contributed by atoms with Gasteiger partial charge in [0, 0.05) is 71.4 Å². The lowest BCUT2D eigenvalue weighted by molar-refractivity contribution is 0.195. The van der Waals surface area contributed by atoms with Crippen molar-refractivity contribution in [3.05, 3.63) is 220 Å². The summed E-state index contributed by atoms with van der Waals surface area (Å²) in [5.74, 6) is 0. The van der Waals surface area contributed by atoms with Gasteiger partial charge in [-0.15, -0.1) is 11.3 Å². The van der Waals surface area contributed by atoms with Crippen LogP contribution in [0.3, 0.4) is 0 Å². The highest BCUT2D eigenvalue weighted by atomic mass is 32.1. The average Bonchev–Trinajstić information content (AvgIpc) is 1.29. The molecule has 408 valence electrons. The number of hydrogen-bond acceptors (Lipinski definition) is 4. The van der Waals surface area contributed by atoms with E-state index in [-0.39, 0.29) is 39.3 Å². The first-order valence-electron chi connectivity index (χ1n) is 30.3. The van der Waals surface area contributed by atoms with Gasteiger partial charge in [0.25, 0.3) is 6.71 Å². The Morgan fingerprint density at radius 3 is 1.76 bits per heavy atom. The zero-order chi connectivity index (χ0) is 56.8. The van der Waals surface area contributed by atoms with Crippen LogP contribution in [0.5, 0.6) is 0 Å². The van der Waals surface area contributed by atoms with Crippen molar-refractivity contribution < 1.29 is 0 Å². The van der Waals surface area contributed by atoms with Crippen LogP contribution in [0, 0.1) is 6.92 Å². The number of fused-ring (bicyclic) bond motifs is 12. The minimum Gasteiger partial charge on any atom is -0.334 e. The Bertz CT molecular complexity index is 4340. The van der Waals surface area contributed by atoms with Crippen molar-refractivity contribution >= 4 is 100 Å².